The minimum Gasteiger partial charge on any atom is -0.464 e. The van der Waals surface area contributed by atoms with Gasteiger partial charge < -0.3 is 9.84 Å². The van der Waals surface area contributed by atoms with E-state index in [1.807, 2.05) is 54.2 Å². The number of aryl methyl sites for hydroxylation is 1. The molecule has 0 saturated carbocycles. The first-order valence-electron chi connectivity index (χ1n) is 9.33. The van der Waals surface area contributed by atoms with E-state index in [-0.39, 0.29) is 13.0 Å². The Labute approximate surface area is 169 Å². The van der Waals surface area contributed by atoms with Crippen molar-refractivity contribution in [1.29, 1.82) is 0 Å². The average Bonchev–Trinajstić information content (AvgIpc) is 2.68. The predicted molar refractivity (Wildman–Crippen MR) is 108 cm³/mol. The lowest BCUT2D eigenvalue weighted by molar-refractivity contribution is -0.688. The molecule has 2 aromatic heterocycles. The molecule has 3 rings (SSSR count). The van der Waals surface area contributed by atoms with E-state index in [0.29, 0.717) is 17.3 Å². The Kier molecular flexibility index (Phi) is 5.96. The summed E-state index contributed by atoms with van der Waals surface area (Å²) in [6.45, 7) is 6.10. The second-order valence-corrected chi connectivity index (χ2v) is 7.14. The lowest BCUT2D eigenvalue weighted by Gasteiger charge is -2.25. The standard InChI is InChI=1S/C22H24ClN2O3/c1-4-22(27,21(26)28-5-2)18-10-11-25(13-15(18)3)14-17-12-16-8-6-7-9-19(16)24-20(17)23/h6-13,27H,4-5,14H2,1-3H3/q+1/t22-/m1/s1. The summed E-state index contributed by atoms with van der Waals surface area (Å²) in [6, 6.07) is 11.6. The van der Waals surface area contributed by atoms with Gasteiger partial charge in [-0.15, -0.1) is 0 Å². The number of para-hydroxylation sites is 1. The van der Waals surface area contributed by atoms with Crippen molar-refractivity contribution in [3.63, 3.8) is 0 Å². The van der Waals surface area contributed by atoms with Gasteiger partial charge in [0.05, 0.1) is 17.7 Å². The van der Waals surface area contributed by atoms with Crippen LogP contribution in [0.1, 0.15) is 37.0 Å². The summed E-state index contributed by atoms with van der Waals surface area (Å²) in [7, 11) is 0. The normalized spacial score (nSPS) is 13.3. The lowest BCUT2D eigenvalue weighted by atomic mass is 9.89. The maximum absolute atomic E-state index is 12.3. The third-order valence-corrected chi connectivity index (χ3v) is 5.22. The number of esters is 1. The zero-order valence-electron chi connectivity index (χ0n) is 16.3. The maximum Gasteiger partial charge on any atom is 0.342 e. The molecule has 0 saturated heterocycles. The minimum absolute atomic E-state index is 0.223. The highest BCUT2D eigenvalue weighted by Crippen LogP contribution is 2.28. The number of hydrogen-bond acceptors (Lipinski definition) is 4. The van der Waals surface area contributed by atoms with Crippen molar-refractivity contribution in [2.75, 3.05) is 6.61 Å². The number of nitrogens with zero attached hydrogens (tertiary/aromatic N) is 2. The molecule has 3 aromatic rings. The third-order valence-electron chi connectivity index (χ3n) is 4.89. The van der Waals surface area contributed by atoms with Crippen LogP contribution in [0.4, 0.5) is 0 Å². The molecule has 0 bridgehead atoms. The molecule has 146 valence electrons. The molecule has 0 fully saturated rings. The maximum atomic E-state index is 12.3. The highest BCUT2D eigenvalue weighted by atomic mass is 35.5. The van der Waals surface area contributed by atoms with Gasteiger partial charge in [0.25, 0.3) is 0 Å². The Morgan fingerprint density at radius 2 is 2.04 bits per heavy atom. The molecule has 0 amide bonds. The summed E-state index contributed by atoms with van der Waals surface area (Å²) in [5, 5.41) is 12.4. The molecule has 1 atom stereocenters. The first kappa shape index (κ1) is 20.2. The van der Waals surface area contributed by atoms with Gasteiger partial charge in [0, 0.05) is 22.6 Å². The topological polar surface area (TPSA) is 63.3 Å². The molecular formula is C22H24ClN2O3+. The van der Waals surface area contributed by atoms with E-state index in [2.05, 4.69) is 4.98 Å². The Balaban J connectivity index is 1.93. The van der Waals surface area contributed by atoms with Gasteiger partial charge in [-0.1, -0.05) is 36.7 Å². The summed E-state index contributed by atoms with van der Waals surface area (Å²) in [6.07, 6.45) is 3.95. The Bertz CT molecular complexity index is 1020. The fraction of sp³-hybridized carbons (Fsp3) is 0.318. The van der Waals surface area contributed by atoms with Crippen molar-refractivity contribution in [2.45, 2.75) is 39.3 Å². The van der Waals surface area contributed by atoms with Crippen molar-refractivity contribution in [2.24, 2.45) is 0 Å². The first-order chi connectivity index (χ1) is 13.4. The second-order valence-electron chi connectivity index (χ2n) is 6.78. The molecule has 28 heavy (non-hydrogen) atoms. The fourth-order valence-electron chi connectivity index (χ4n) is 3.36. The Morgan fingerprint density at radius 1 is 1.29 bits per heavy atom. The molecule has 1 aromatic carbocycles. The summed E-state index contributed by atoms with van der Waals surface area (Å²) in [4.78, 5) is 16.7. The van der Waals surface area contributed by atoms with Gasteiger partial charge in [-0.05, 0) is 32.4 Å². The number of aromatic nitrogens is 2. The van der Waals surface area contributed by atoms with Gasteiger partial charge in [0.15, 0.2) is 24.5 Å². The van der Waals surface area contributed by atoms with E-state index in [0.717, 1.165) is 22.0 Å². The molecule has 6 heteroatoms. The van der Waals surface area contributed by atoms with Crippen molar-refractivity contribution < 1.29 is 19.2 Å². The highest BCUT2D eigenvalue weighted by molar-refractivity contribution is 6.30. The summed E-state index contributed by atoms with van der Waals surface area (Å²) in [5.74, 6) is -0.625. The third kappa shape index (κ3) is 3.86. The molecular weight excluding hydrogens is 376 g/mol. The smallest absolute Gasteiger partial charge is 0.342 e. The van der Waals surface area contributed by atoms with Crippen LogP contribution in [0.25, 0.3) is 10.9 Å². The number of rotatable bonds is 6. The number of hydrogen-bond donors (Lipinski definition) is 1. The number of fused-ring (bicyclic) bond motifs is 1. The van der Waals surface area contributed by atoms with E-state index < -0.39 is 11.6 Å². The summed E-state index contributed by atoms with van der Waals surface area (Å²) in [5.41, 5.74) is 1.45. The number of benzene rings is 1. The van der Waals surface area contributed by atoms with Crippen molar-refractivity contribution >= 4 is 28.5 Å². The van der Waals surface area contributed by atoms with Gasteiger partial charge in [0.2, 0.25) is 0 Å². The summed E-state index contributed by atoms with van der Waals surface area (Å²) < 4.78 is 7.02. The van der Waals surface area contributed by atoms with Crippen LogP contribution in [0.2, 0.25) is 5.15 Å². The Morgan fingerprint density at radius 3 is 2.71 bits per heavy atom. The van der Waals surface area contributed by atoms with Crippen LogP contribution in [0, 0.1) is 6.92 Å². The van der Waals surface area contributed by atoms with E-state index in [9.17, 15) is 9.90 Å². The number of carbonyl (C=O) groups is 1. The highest BCUT2D eigenvalue weighted by Gasteiger charge is 2.39. The zero-order chi connectivity index (χ0) is 20.3. The van der Waals surface area contributed by atoms with Gasteiger partial charge >= 0.3 is 5.97 Å². The fourth-order valence-corrected chi connectivity index (χ4v) is 3.57. The molecule has 0 aliphatic rings. The quantitative estimate of drug-likeness (QED) is 0.390. The van der Waals surface area contributed by atoms with Crippen LogP contribution >= 0.6 is 11.6 Å². The predicted octanol–water partition coefficient (Wildman–Crippen LogP) is 3.69. The molecule has 0 aliphatic carbocycles. The molecule has 5 nitrogen and oxygen atoms in total. The largest absolute Gasteiger partial charge is 0.464 e. The van der Waals surface area contributed by atoms with Gasteiger partial charge in [-0.3, -0.25) is 0 Å². The van der Waals surface area contributed by atoms with Crippen LogP contribution in [-0.2, 0) is 21.7 Å². The van der Waals surface area contributed by atoms with E-state index in [4.69, 9.17) is 16.3 Å². The van der Waals surface area contributed by atoms with Crippen LogP contribution in [0.3, 0.4) is 0 Å². The molecule has 0 spiro atoms. The second kappa shape index (κ2) is 8.25. The molecule has 0 aliphatic heterocycles. The number of ether oxygens (including phenoxy) is 1. The van der Waals surface area contributed by atoms with Crippen LogP contribution < -0.4 is 4.57 Å². The minimum atomic E-state index is -1.65. The number of halogens is 1. The monoisotopic (exact) mass is 399 g/mol. The number of carbonyl (C=O) groups excluding carboxylic acids is 1. The zero-order valence-corrected chi connectivity index (χ0v) is 17.0. The summed E-state index contributed by atoms with van der Waals surface area (Å²) >= 11 is 6.37. The number of aliphatic hydroxyl groups is 1. The van der Waals surface area contributed by atoms with Crippen LogP contribution in [0.15, 0.2) is 48.8 Å². The average molecular weight is 400 g/mol. The van der Waals surface area contributed by atoms with E-state index in [1.54, 1.807) is 19.9 Å². The first-order valence-corrected chi connectivity index (χ1v) is 9.70. The van der Waals surface area contributed by atoms with Crippen molar-refractivity contribution in [3.8, 4) is 0 Å². The molecule has 0 radical (unpaired) electrons. The molecule has 1 N–H and O–H groups in total. The lowest BCUT2D eigenvalue weighted by Crippen LogP contribution is -2.40. The van der Waals surface area contributed by atoms with Crippen molar-refractivity contribution in [3.05, 3.63) is 70.6 Å². The number of pyridine rings is 2. The van der Waals surface area contributed by atoms with E-state index >= 15 is 0 Å². The molecule has 2 heterocycles. The van der Waals surface area contributed by atoms with Gasteiger partial charge in [-0.2, -0.15) is 0 Å². The Hall–Kier alpha value is -2.50. The van der Waals surface area contributed by atoms with Crippen LogP contribution in [-0.4, -0.2) is 22.7 Å². The molecule has 0 unspecified atom stereocenters. The van der Waals surface area contributed by atoms with Crippen LogP contribution in [0.5, 0.6) is 0 Å². The SMILES string of the molecule is CCOC(=O)[C@@](O)(CC)c1cc[n+](Cc2cc3ccccc3nc2Cl)cc1C. The van der Waals surface area contributed by atoms with E-state index in [1.165, 1.54) is 0 Å². The van der Waals surface area contributed by atoms with Crippen molar-refractivity contribution in [1.82, 2.24) is 4.98 Å². The van der Waals surface area contributed by atoms with Gasteiger partial charge in [-0.25, -0.2) is 14.3 Å². The van der Waals surface area contributed by atoms with Gasteiger partial charge in [0.1, 0.15) is 5.15 Å².